The molecular weight excluding hydrogens is 283 g/mol. The molecule has 0 spiro atoms. The van der Waals surface area contributed by atoms with E-state index < -0.39 is 0 Å². The van der Waals surface area contributed by atoms with Crippen LogP contribution in [0.1, 0.15) is 48.6 Å². The molecule has 0 aliphatic heterocycles. The van der Waals surface area contributed by atoms with Crippen molar-refractivity contribution in [3.05, 3.63) is 71.1 Å². The summed E-state index contributed by atoms with van der Waals surface area (Å²) in [6, 6.07) is 7.95. The highest BCUT2D eigenvalue weighted by molar-refractivity contribution is 5.82. The fourth-order valence-electron chi connectivity index (χ4n) is 3.19. The number of rotatable bonds is 4. The van der Waals surface area contributed by atoms with Crippen molar-refractivity contribution in [3.63, 3.8) is 0 Å². The van der Waals surface area contributed by atoms with Crippen molar-refractivity contribution in [2.45, 2.75) is 41.0 Å². The quantitative estimate of drug-likeness (QED) is 0.587. The van der Waals surface area contributed by atoms with Crippen molar-refractivity contribution in [1.29, 1.82) is 0 Å². The highest BCUT2D eigenvalue weighted by Crippen LogP contribution is 2.38. The van der Waals surface area contributed by atoms with Gasteiger partial charge in [-0.3, -0.25) is 0 Å². The lowest BCUT2D eigenvalue weighted by atomic mass is 9.85. The van der Waals surface area contributed by atoms with Crippen LogP contribution in [-0.4, -0.2) is 0 Å². The molecule has 120 valence electrons. The Hall–Kier alpha value is -2.15. The Morgan fingerprint density at radius 3 is 1.83 bits per heavy atom. The van der Waals surface area contributed by atoms with E-state index in [-0.39, 0.29) is 5.82 Å². The second-order valence-corrected chi connectivity index (χ2v) is 6.32. The summed E-state index contributed by atoms with van der Waals surface area (Å²) >= 11 is 0. The molecule has 0 radical (unpaired) electrons. The van der Waals surface area contributed by atoms with Gasteiger partial charge in [-0.25, -0.2) is 4.39 Å². The highest BCUT2D eigenvalue weighted by atomic mass is 19.1. The molecule has 0 saturated carbocycles. The molecular formula is C22H25F. The van der Waals surface area contributed by atoms with Crippen LogP contribution in [0.3, 0.4) is 0 Å². The van der Waals surface area contributed by atoms with Gasteiger partial charge in [0.25, 0.3) is 0 Å². The average molecular weight is 308 g/mol. The molecule has 0 aliphatic rings. The van der Waals surface area contributed by atoms with Crippen molar-refractivity contribution in [2.24, 2.45) is 0 Å². The largest absolute Gasteiger partial charge is 0.206 e. The van der Waals surface area contributed by atoms with Crippen molar-refractivity contribution >= 4 is 11.1 Å². The van der Waals surface area contributed by atoms with Crippen LogP contribution in [0, 0.1) is 19.7 Å². The van der Waals surface area contributed by atoms with Gasteiger partial charge in [0.05, 0.1) is 0 Å². The highest BCUT2D eigenvalue weighted by Gasteiger charge is 2.19. The van der Waals surface area contributed by atoms with Gasteiger partial charge in [-0.2, -0.15) is 0 Å². The molecule has 0 nitrogen and oxygen atoms in total. The summed E-state index contributed by atoms with van der Waals surface area (Å²) in [5.41, 5.74) is 8.37. The number of hydrogen-bond donors (Lipinski definition) is 0. The third-order valence-electron chi connectivity index (χ3n) is 4.39. The molecule has 1 heteroatoms. The van der Waals surface area contributed by atoms with Crippen molar-refractivity contribution in [2.75, 3.05) is 0 Å². The topological polar surface area (TPSA) is 0 Å². The zero-order chi connectivity index (χ0) is 17.3. The molecule has 0 aromatic heterocycles. The Morgan fingerprint density at radius 1 is 0.870 bits per heavy atom. The van der Waals surface area contributed by atoms with Crippen LogP contribution in [0.25, 0.3) is 22.3 Å². The lowest BCUT2D eigenvalue weighted by Gasteiger charge is -2.20. The molecule has 23 heavy (non-hydrogen) atoms. The monoisotopic (exact) mass is 308 g/mol. The molecule has 0 aliphatic carbocycles. The Balaban J connectivity index is 2.92. The molecule has 2 rings (SSSR count). The predicted octanol–water partition coefficient (Wildman–Crippen LogP) is 6.74. The predicted molar refractivity (Wildman–Crippen MR) is 100 cm³/mol. The van der Waals surface area contributed by atoms with Gasteiger partial charge in [-0.1, -0.05) is 49.9 Å². The van der Waals surface area contributed by atoms with Gasteiger partial charge < -0.3 is 0 Å². The maximum Gasteiger partial charge on any atom is 0.138 e. The fraction of sp³-hybridized carbons (Fsp3) is 0.273. The van der Waals surface area contributed by atoms with Crippen LogP contribution in [-0.2, 0) is 6.42 Å². The van der Waals surface area contributed by atoms with E-state index in [2.05, 4.69) is 32.2 Å². The van der Waals surface area contributed by atoms with E-state index in [1.165, 1.54) is 5.56 Å². The first-order valence-electron chi connectivity index (χ1n) is 8.03. The number of allylic oxidation sites excluding steroid dienone is 2. The number of aryl methyl sites for hydroxylation is 2. The standard InChI is InChI=1S/C22H25F/c1-8-17-18(13(2)3)11-9-15(6)20(17)21-16(7)10-12-19(14(4)5)22(21)23/h9-12H,2,4,8H2,1,3,5-7H3. The normalized spacial score (nSPS) is 10.7. The van der Waals surface area contributed by atoms with Gasteiger partial charge in [-0.05, 0) is 67.5 Å². The Morgan fingerprint density at radius 2 is 1.35 bits per heavy atom. The van der Waals surface area contributed by atoms with Crippen LogP contribution in [0.4, 0.5) is 4.39 Å². The first-order chi connectivity index (χ1) is 10.8. The van der Waals surface area contributed by atoms with Gasteiger partial charge in [0.2, 0.25) is 0 Å². The van der Waals surface area contributed by atoms with Gasteiger partial charge in [0.1, 0.15) is 5.82 Å². The van der Waals surface area contributed by atoms with Crippen LogP contribution >= 0.6 is 0 Å². The first kappa shape index (κ1) is 17.2. The van der Waals surface area contributed by atoms with Crippen molar-refractivity contribution in [1.82, 2.24) is 0 Å². The van der Waals surface area contributed by atoms with Crippen LogP contribution in [0.15, 0.2) is 37.4 Å². The molecule has 0 amide bonds. The molecule has 0 saturated heterocycles. The van der Waals surface area contributed by atoms with E-state index >= 15 is 4.39 Å². The summed E-state index contributed by atoms with van der Waals surface area (Å²) in [5.74, 6) is -0.172. The van der Waals surface area contributed by atoms with Crippen molar-refractivity contribution in [3.8, 4) is 11.1 Å². The lowest BCUT2D eigenvalue weighted by Crippen LogP contribution is -2.02. The molecule has 0 atom stereocenters. The Bertz CT molecular complexity index is 794. The molecule has 2 aromatic rings. The van der Waals surface area contributed by atoms with E-state index in [0.717, 1.165) is 39.8 Å². The van der Waals surface area contributed by atoms with E-state index in [4.69, 9.17) is 0 Å². The van der Waals surface area contributed by atoms with Gasteiger partial charge in [0, 0.05) is 11.1 Å². The molecule has 0 fully saturated rings. The summed E-state index contributed by atoms with van der Waals surface area (Å²) in [4.78, 5) is 0. The lowest BCUT2D eigenvalue weighted by molar-refractivity contribution is 0.626. The summed E-state index contributed by atoms with van der Waals surface area (Å²) in [7, 11) is 0. The first-order valence-corrected chi connectivity index (χ1v) is 8.03. The third kappa shape index (κ3) is 3.01. The minimum atomic E-state index is -0.172. The number of benzene rings is 2. The maximum absolute atomic E-state index is 15.2. The molecule has 0 heterocycles. The fourth-order valence-corrected chi connectivity index (χ4v) is 3.19. The smallest absolute Gasteiger partial charge is 0.138 e. The summed E-state index contributed by atoms with van der Waals surface area (Å²) in [6.45, 7) is 18.0. The third-order valence-corrected chi connectivity index (χ3v) is 4.39. The minimum Gasteiger partial charge on any atom is -0.206 e. The van der Waals surface area contributed by atoms with E-state index in [1.54, 1.807) is 0 Å². The van der Waals surface area contributed by atoms with E-state index in [1.807, 2.05) is 39.8 Å². The van der Waals surface area contributed by atoms with Crippen LogP contribution in [0.2, 0.25) is 0 Å². The molecule has 0 N–H and O–H groups in total. The maximum atomic E-state index is 15.2. The summed E-state index contributed by atoms with van der Waals surface area (Å²) < 4.78 is 15.2. The number of halogens is 1. The summed E-state index contributed by atoms with van der Waals surface area (Å²) in [5, 5.41) is 0. The zero-order valence-corrected chi connectivity index (χ0v) is 14.8. The van der Waals surface area contributed by atoms with Crippen LogP contribution < -0.4 is 0 Å². The molecule has 0 unspecified atom stereocenters. The molecule has 0 bridgehead atoms. The second kappa shape index (κ2) is 6.54. The van der Waals surface area contributed by atoms with E-state index in [9.17, 15) is 0 Å². The second-order valence-electron chi connectivity index (χ2n) is 6.32. The van der Waals surface area contributed by atoms with Crippen molar-refractivity contribution < 1.29 is 4.39 Å². The Kier molecular flexibility index (Phi) is 4.89. The van der Waals surface area contributed by atoms with E-state index in [0.29, 0.717) is 11.1 Å². The SMILES string of the molecule is C=C(C)c1ccc(C)c(-c2c(C)ccc(C(=C)C)c2CC)c1F. The molecule has 2 aromatic carbocycles. The number of hydrogen-bond acceptors (Lipinski definition) is 0. The Labute approximate surface area is 139 Å². The summed E-state index contributed by atoms with van der Waals surface area (Å²) in [6.07, 6.45) is 0.843. The van der Waals surface area contributed by atoms with Crippen LogP contribution in [0.5, 0.6) is 0 Å². The zero-order valence-electron chi connectivity index (χ0n) is 14.8. The van der Waals surface area contributed by atoms with Gasteiger partial charge in [0.15, 0.2) is 0 Å². The van der Waals surface area contributed by atoms with Gasteiger partial charge in [-0.15, -0.1) is 0 Å². The van der Waals surface area contributed by atoms with Gasteiger partial charge >= 0.3 is 0 Å². The minimum absolute atomic E-state index is 0.172. The average Bonchev–Trinajstić information content (AvgIpc) is 2.47.